The summed E-state index contributed by atoms with van der Waals surface area (Å²) in [5.74, 6) is -4.21. The highest BCUT2D eigenvalue weighted by Gasteiger charge is 2.80. The van der Waals surface area contributed by atoms with Crippen molar-refractivity contribution >= 4 is 17.7 Å². The van der Waals surface area contributed by atoms with Crippen LogP contribution in [0.4, 0.5) is 0 Å². The van der Waals surface area contributed by atoms with Crippen LogP contribution in [-0.4, -0.2) is 62.6 Å². The van der Waals surface area contributed by atoms with E-state index in [4.69, 9.17) is 9.47 Å². The number of Topliss-reactive ketones (excluding diaryl/α,β-unsaturated/α-hetero) is 1. The Morgan fingerprint density at radius 1 is 0.930 bits per heavy atom. The molecule has 0 amide bonds. The number of ketones is 1. The van der Waals surface area contributed by atoms with Crippen LogP contribution < -0.4 is 0 Å². The van der Waals surface area contributed by atoms with Gasteiger partial charge in [0.25, 0.3) is 0 Å². The molecule has 0 heterocycles. The summed E-state index contributed by atoms with van der Waals surface area (Å²) in [5, 5.41) is 34.5. The SMILES string of the molecule is CC1=C[C@H]2[C@@](C)(O)[C@H](C)[C@@H](OC(=O)c3ccccc3)[C@]3(OC(=O)c4ccccc4)[C@H](C/C=C(/CO)C[C@]2(O)C1=O)C3(C)C. The first kappa shape index (κ1) is 30.9. The standard InChI is InChI=1S/C35H40O8/c1-21-18-27-33(5,40)22(2)29(42-30(38)24-12-8-6-9-13-24)35(43-31(39)25-14-10-7-11-15-25)26(32(35,3)4)17-16-23(20-36)19-34(27,41)28(21)37/h6-16,18,22,26-27,29,36,40-41H,17,19-20H2,1-5H3/b23-16+/t22-,26-,27+,29-,33+,34-,35-/m1/s1. The molecule has 2 aromatic carbocycles. The fraction of sp³-hybridized carbons (Fsp3) is 0.457. The molecule has 0 unspecified atom stereocenters. The van der Waals surface area contributed by atoms with Gasteiger partial charge < -0.3 is 24.8 Å². The summed E-state index contributed by atoms with van der Waals surface area (Å²) in [6.07, 6.45) is 2.27. The number of aliphatic hydroxyl groups is 3. The summed E-state index contributed by atoms with van der Waals surface area (Å²) >= 11 is 0. The van der Waals surface area contributed by atoms with Crippen LogP contribution in [0.2, 0.25) is 0 Å². The maximum atomic E-state index is 13.7. The van der Waals surface area contributed by atoms with Crippen molar-refractivity contribution in [3.8, 4) is 0 Å². The smallest absolute Gasteiger partial charge is 0.338 e. The van der Waals surface area contributed by atoms with E-state index in [0.29, 0.717) is 23.1 Å². The zero-order valence-electron chi connectivity index (χ0n) is 25.2. The second kappa shape index (κ2) is 10.8. The quantitative estimate of drug-likeness (QED) is 0.345. The minimum Gasteiger partial charge on any atom is -0.454 e. The van der Waals surface area contributed by atoms with Crippen LogP contribution in [0.15, 0.2) is 84.0 Å². The molecule has 8 heteroatoms. The summed E-state index contributed by atoms with van der Waals surface area (Å²) in [7, 11) is 0. The van der Waals surface area contributed by atoms with Crippen LogP contribution in [0.3, 0.4) is 0 Å². The molecule has 5 rings (SSSR count). The zero-order valence-corrected chi connectivity index (χ0v) is 25.2. The van der Waals surface area contributed by atoms with E-state index in [1.165, 1.54) is 6.92 Å². The van der Waals surface area contributed by atoms with E-state index in [-0.39, 0.29) is 17.9 Å². The summed E-state index contributed by atoms with van der Waals surface area (Å²) in [4.78, 5) is 40.7. The van der Waals surface area contributed by atoms with Gasteiger partial charge in [-0.3, -0.25) is 4.79 Å². The van der Waals surface area contributed by atoms with Gasteiger partial charge >= 0.3 is 11.9 Å². The molecule has 0 aromatic heterocycles. The molecule has 7 atom stereocenters. The minimum absolute atomic E-state index is 0.178. The van der Waals surface area contributed by atoms with E-state index in [2.05, 4.69) is 0 Å². The first-order valence-electron chi connectivity index (χ1n) is 14.7. The lowest BCUT2D eigenvalue weighted by molar-refractivity contribution is -0.171. The van der Waals surface area contributed by atoms with Gasteiger partial charge in [0.05, 0.1) is 23.3 Å². The molecule has 3 aliphatic rings. The Hall–Kier alpha value is -3.59. The van der Waals surface area contributed by atoms with Gasteiger partial charge in [0.1, 0.15) is 11.7 Å². The van der Waals surface area contributed by atoms with Crippen molar-refractivity contribution in [2.45, 2.75) is 70.4 Å². The number of carbonyl (C=O) groups is 3. The van der Waals surface area contributed by atoms with Gasteiger partial charge in [0.15, 0.2) is 11.4 Å². The Labute approximate surface area is 252 Å². The highest BCUT2D eigenvalue weighted by atomic mass is 16.6. The Morgan fingerprint density at radius 3 is 2.05 bits per heavy atom. The summed E-state index contributed by atoms with van der Waals surface area (Å²) in [6, 6.07) is 16.9. The molecular formula is C35H40O8. The van der Waals surface area contributed by atoms with Crippen molar-refractivity contribution in [2.75, 3.05) is 6.61 Å². The lowest BCUT2D eigenvalue weighted by Crippen LogP contribution is -2.59. The minimum atomic E-state index is -2.03. The third kappa shape index (κ3) is 4.86. The average molecular weight is 589 g/mol. The van der Waals surface area contributed by atoms with Gasteiger partial charge in [0, 0.05) is 29.6 Å². The van der Waals surface area contributed by atoms with Crippen LogP contribution >= 0.6 is 0 Å². The number of ether oxygens (including phenoxy) is 2. The van der Waals surface area contributed by atoms with Crippen molar-refractivity contribution in [1.29, 1.82) is 0 Å². The molecule has 0 bridgehead atoms. The molecule has 8 nitrogen and oxygen atoms in total. The third-order valence-corrected chi connectivity index (χ3v) is 10.3. The molecule has 1 saturated carbocycles. The monoisotopic (exact) mass is 588 g/mol. The molecule has 2 aromatic rings. The van der Waals surface area contributed by atoms with E-state index in [1.807, 2.05) is 13.8 Å². The molecule has 0 radical (unpaired) electrons. The van der Waals surface area contributed by atoms with Crippen molar-refractivity contribution < 1.29 is 39.2 Å². The second-order valence-corrected chi connectivity index (χ2v) is 13.0. The summed E-state index contributed by atoms with van der Waals surface area (Å²) < 4.78 is 12.7. The highest BCUT2D eigenvalue weighted by molar-refractivity contribution is 6.04. The lowest BCUT2D eigenvalue weighted by atomic mass is 9.67. The van der Waals surface area contributed by atoms with Crippen LogP contribution in [0.1, 0.15) is 68.2 Å². The van der Waals surface area contributed by atoms with E-state index in [9.17, 15) is 29.7 Å². The Bertz CT molecular complexity index is 1470. The van der Waals surface area contributed by atoms with Gasteiger partial charge in [-0.25, -0.2) is 9.59 Å². The predicted molar refractivity (Wildman–Crippen MR) is 159 cm³/mol. The van der Waals surface area contributed by atoms with Gasteiger partial charge in [-0.1, -0.05) is 69.3 Å². The van der Waals surface area contributed by atoms with Crippen molar-refractivity contribution in [2.24, 2.45) is 23.2 Å². The number of fused-ring (bicyclic) bond motifs is 2. The number of rotatable bonds is 5. The molecular weight excluding hydrogens is 548 g/mol. The van der Waals surface area contributed by atoms with Crippen molar-refractivity contribution in [1.82, 2.24) is 0 Å². The number of aliphatic hydroxyl groups excluding tert-OH is 1. The first-order valence-corrected chi connectivity index (χ1v) is 14.7. The Balaban J connectivity index is 1.69. The van der Waals surface area contributed by atoms with Gasteiger partial charge in [-0.15, -0.1) is 0 Å². The molecule has 0 spiro atoms. The molecule has 43 heavy (non-hydrogen) atoms. The molecule has 1 fully saturated rings. The summed E-state index contributed by atoms with van der Waals surface area (Å²) in [6.45, 7) is 8.23. The topological polar surface area (TPSA) is 130 Å². The molecule has 3 N–H and O–H groups in total. The second-order valence-electron chi connectivity index (χ2n) is 13.0. The van der Waals surface area contributed by atoms with E-state index >= 15 is 0 Å². The van der Waals surface area contributed by atoms with Crippen LogP contribution in [0.25, 0.3) is 0 Å². The molecule has 228 valence electrons. The average Bonchev–Trinajstić information content (AvgIpc) is 3.36. The van der Waals surface area contributed by atoms with E-state index in [1.54, 1.807) is 86.7 Å². The first-order chi connectivity index (χ1) is 20.2. The highest BCUT2D eigenvalue weighted by Crippen LogP contribution is 2.70. The number of hydrogen-bond donors (Lipinski definition) is 3. The van der Waals surface area contributed by atoms with Crippen LogP contribution in [-0.2, 0) is 14.3 Å². The number of allylic oxidation sites excluding steroid dienone is 1. The molecule has 0 saturated heterocycles. The Kier molecular flexibility index (Phi) is 7.78. The largest absolute Gasteiger partial charge is 0.454 e. The third-order valence-electron chi connectivity index (χ3n) is 10.3. The fourth-order valence-corrected chi connectivity index (χ4v) is 7.47. The fourth-order valence-electron chi connectivity index (χ4n) is 7.47. The molecule has 0 aliphatic heterocycles. The number of hydrogen-bond acceptors (Lipinski definition) is 8. The lowest BCUT2D eigenvalue weighted by Gasteiger charge is -2.46. The maximum Gasteiger partial charge on any atom is 0.338 e. The van der Waals surface area contributed by atoms with E-state index in [0.717, 1.165) is 0 Å². The van der Waals surface area contributed by atoms with Crippen LogP contribution in [0.5, 0.6) is 0 Å². The number of carbonyl (C=O) groups excluding carboxylic acids is 3. The van der Waals surface area contributed by atoms with Crippen LogP contribution in [0, 0.1) is 23.2 Å². The number of esters is 2. The van der Waals surface area contributed by atoms with Gasteiger partial charge in [-0.2, -0.15) is 0 Å². The van der Waals surface area contributed by atoms with Gasteiger partial charge in [-0.05, 0) is 55.7 Å². The van der Waals surface area contributed by atoms with Crippen molar-refractivity contribution in [3.05, 3.63) is 95.1 Å². The normalized spacial score (nSPS) is 36.1. The van der Waals surface area contributed by atoms with Crippen molar-refractivity contribution in [3.63, 3.8) is 0 Å². The van der Waals surface area contributed by atoms with Gasteiger partial charge in [0.2, 0.25) is 0 Å². The number of benzene rings is 2. The maximum absolute atomic E-state index is 13.7. The molecule has 3 aliphatic carbocycles. The predicted octanol–water partition coefficient (Wildman–Crippen LogP) is 4.44. The summed E-state index contributed by atoms with van der Waals surface area (Å²) in [5.41, 5.74) is -4.65. The zero-order chi connectivity index (χ0) is 31.4. The van der Waals surface area contributed by atoms with E-state index < -0.39 is 64.5 Å². The Morgan fingerprint density at radius 2 is 1.49 bits per heavy atom.